The number of furan rings is 1. The summed E-state index contributed by atoms with van der Waals surface area (Å²) in [5.41, 5.74) is 1.54. The molecular weight excluding hydrogens is 464 g/mol. The molecule has 1 amide bonds. The summed E-state index contributed by atoms with van der Waals surface area (Å²) in [7, 11) is 0. The highest BCUT2D eigenvalue weighted by Gasteiger charge is 2.24. The predicted octanol–water partition coefficient (Wildman–Crippen LogP) is 4.99. The molecule has 0 aliphatic carbocycles. The van der Waals surface area contributed by atoms with Crippen molar-refractivity contribution in [3.63, 3.8) is 0 Å². The molecule has 0 fully saturated rings. The minimum Gasteiger partial charge on any atom is -0.464 e. The van der Waals surface area contributed by atoms with E-state index < -0.39 is 24.5 Å². The standard InChI is InChI=1S/C23H18N2O6S2/c1-2-29-23(28)21-14(16-7-5-11-30-16)13-32-22(21)25-18(26)12-31-20(27)10-9-19-24-15-6-3-4-8-17(15)33-19/h3-11,13H,2,12H2,1H3,(H,25,26)/b10-9+. The molecule has 1 aromatic carbocycles. The lowest BCUT2D eigenvalue weighted by atomic mass is 10.1. The van der Waals surface area contributed by atoms with E-state index in [0.717, 1.165) is 21.6 Å². The van der Waals surface area contributed by atoms with Gasteiger partial charge >= 0.3 is 11.9 Å². The third-order valence-corrected chi connectivity index (χ3v) is 6.23. The van der Waals surface area contributed by atoms with E-state index in [-0.39, 0.29) is 17.2 Å². The lowest BCUT2D eigenvalue weighted by molar-refractivity contribution is -0.142. The molecule has 1 N–H and O–H groups in total. The van der Waals surface area contributed by atoms with E-state index >= 15 is 0 Å². The Labute approximate surface area is 196 Å². The van der Waals surface area contributed by atoms with E-state index in [1.165, 1.54) is 23.7 Å². The van der Waals surface area contributed by atoms with Gasteiger partial charge in [0.2, 0.25) is 0 Å². The van der Waals surface area contributed by atoms with Gasteiger partial charge in [-0.2, -0.15) is 0 Å². The molecule has 8 nitrogen and oxygen atoms in total. The van der Waals surface area contributed by atoms with Gasteiger partial charge in [-0.1, -0.05) is 12.1 Å². The van der Waals surface area contributed by atoms with Gasteiger partial charge < -0.3 is 19.2 Å². The number of carbonyl (C=O) groups excluding carboxylic acids is 3. The Morgan fingerprint density at radius 2 is 2.00 bits per heavy atom. The van der Waals surface area contributed by atoms with E-state index in [9.17, 15) is 14.4 Å². The minimum absolute atomic E-state index is 0.179. The molecule has 168 valence electrons. The van der Waals surface area contributed by atoms with Gasteiger partial charge in [-0.25, -0.2) is 14.6 Å². The highest BCUT2D eigenvalue weighted by atomic mass is 32.1. The van der Waals surface area contributed by atoms with Gasteiger partial charge in [0.05, 0.1) is 23.1 Å². The minimum atomic E-state index is -0.683. The summed E-state index contributed by atoms with van der Waals surface area (Å²) in [5, 5.41) is 5.23. The van der Waals surface area contributed by atoms with Crippen molar-refractivity contribution >= 4 is 61.8 Å². The molecule has 3 aromatic heterocycles. The molecule has 0 atom stereocenters. The van der Waals surface area contributed by atoms with E-state index in [4.69, 9.17) is 13.9 Å². The van der Waals surface area contributed by atoms with Crippen molar-refractivity contribution in [2.45, 2.75) is 6.92 Å². The molecule has 0 saturated heterocycles. The van der Waals surface area contributed by atoms with Crippen molar-refractivity contribution in [2.75, 3.05) is 18.5 Å². The van der Waals surface area contributed by atoms with Crippen molar-refractivity contribution < 1.29 is 28.3 Å². The summed E-state index contributed by atoms with van der Waals surface area (Å²) in [4.78, 5) is 41.2. The number of rotatable bonds is 8. The van der Waals surface area contributed by atoms with Gasteiger partial charge in [0.1, 0.15) is 21.3 Å². The fourth-order valence-corrected chi connectivity index (χ4v) is 4.74. The van der Waals surface area contributed by atoms with E-state index in [2.05, 4.69) is 10.3 Å². The number of para-hydroxylation sites is 1. The number of thiophene rings is 1. The third kappa shape index (κ3) is 5.36. The number of hydrogen-bond acceptors (Lipinski definition) is 9. The summed E-state index contributed by atoms with van der Waals surface area (Å²) in [5.74, 6) is -1.38. The van der Waals surface area contributed by atoms with Crippen LogP contribution in [0.2, 0.25) is 0 Å². The number of nitrogens with one attached hydrogen (secondary N) is 1. The number of nitrogens with zero attached hydrogens (tertiary/aromatic N) is 1. The summed E-state index contributed by atoms with van der Waals surface area (Å²) < 4.78 is 16.5. The number of carbonyl (C=O) groups is 3. The zero-order chi connectivity index (χ0) is 23.2. The van der Waals surface area contributed by atoms with Gasteiger partial charge in [-0.3, -0.25) is 4.79 Å². The number of amides is 1. The number of anilines is 1. The number of benzene rings is 1. The Kier molecular flexibility index (Phi) is 6.96. The number of esters is 2. The molecule has 0 radical (unpaired) electrons. The molecule has 4 rings (SSSR count). The first-order valence-corrected chi connectivity index (χ1v) is 11.6. The number of ether oxygens (including phenoxy) is 2. The average Bonchev–Trinajstić information content (AvgIpc) is 3.55. The molecular formula is C23H18N2O6S2. The second kappa shape index (κ2) is 10.2. The monoisotopic (exact) mass is 482 g/mol. The number of fused-ring (bicyclic) bond motifs is 1. The molecule has 0 bridgehead atoms. The van der Waals surface area contributed by atoms with Crippen LogP contribution in [0.1, 0.15) is 22.3 Å². The fourth-order valence-electron chi connectivity index (χ4n) is 2.92. The number of thiazole rings is 1. The van der Waals surface area contributed by atoms with E-state index in [0.29, 0.717) is 16.3 Å². The molecule has 4 aromatic rings. The zero-order valence-corrected chi connectivity index (χ0v) is 19.0. The van der Waals surface area contributed by atoms with Gasteiger partial charge in [-0.05, 0) is 37.3 Å². The number of aromatic nitrogens is 1. The van der Waals surface area contributed by atoms with Crippen molar-refractivity contribution in [1.29, 1.82) is 0 Å². The average molecular weight is 483 g/mol. The normalized spacial score (nSPS) is 11.1. The zero-order valence-electron chi connectivity index (χ0n) is 17.4. The first-order chi connectivity index (χ1) is 16.0. The summed E-state index contributed by atoms with van der Waals surface area (Å²) in [6, 6.07) is 11.0. The van der Waals surface area contributed by atoms with Crippen LogP contribution in [0.4, 0.5) is 5.00 Å². The van der Waals surface area contributed by atoms with Crippen molar-refractivity contribution in [3.8, 4) is 11.3 Å². The second-order valence-electron chi connectivity index (χ2n) is 6.56. The summed E-state index contributed by atoms with van der Waals surface area (Å²) in [6.07, 6.45) is 4.25. The van der Waals surface area contributed by atoms with E-state index in [1.54, 1.807) is 30.5 Å². The van der Waals surface area contributed by atoms with Crippen LogP contribution in [0.5, 0.6) is 0 Å². The Hall–Kier alpha value is -3.76. The maximum atomic E-state index is 12.5. The van der Waals surface area contributed by atoms with Crippen molar-refractivity contribution in [3.05, 3.63) is 64.7 Å². The van der Waals surface area contributed by atoms with Crippen LogP contribution in [0.25, 0.3) is 27.6 Å². The first-order valence-electron chi connectivity index (χ1n) is 9.88. The van der Waals surface area contributed by atoms with E-state index in [1.807, 2.05) is 24.3 Å². The van der Waals surface area contributed by atoms with Crippen LogP contribution >= 0.6 is 22.7 Å². The van der Waals surface area contributed by atoms with Crippen LogP contribution in [-0.2, 0) is 19.1 Å². The van der Waals surface area contributed by atoms with Crippen LogP contribution < -0.4 is 5.32 Å². The Morgan fingerprint density at radius 3 is 2.76 bits per heavy atom. The van der Waals surface area contributed by atoms with Crippen LogP contribution in [-0.4, -0.2) is 36.0 Å². The Bertz CT molecular complexity index is 1290. The largest absolute Gasteiger partial charge is 0.464 e. The quantitative estimate of drug-likeness (QED) is 0.278. The molecule has 0 unspecified atom stereocenters. The van der Waals surface area contributed by atoms with Gasteiger partial charge in [0, 0.05) is 17.0 Å². The SMILES string of the molecule is CCOC(=O)c1c(-c2ccco2)csc1NC(=O)COC(=O)/C=C/c1nc2ccccc2s1. The highest BCUT2D eigenvalue weighted by Crippen LogP contribution is 2.36. The first kappa shape index (κ1) is 22.4. The highest BCUT2D eigenvalue weighted by molar-refractivity contribution is 7.19. The molecule has 0 aliphatic rings. The molecule has 0 aliphatic heterocycles. The molecule has 0 saturated carbocycles. The molecule has 3 heterocycles. The Balaban J connectivity index is 1.38. The number of hydrogen-bond donors (Lipinski definition) is 1. The van der Waals surface area contributed by atoms with Crippen LogP contribution in [0.3, 0.4) is 0 Å². The predicted molar refractivity (Wildman–Crippen MR) is 126 cm³/mol. The Morgan fingerprint density at radius 1 is 1.15 bits per heavy atom. The maximum absolute atomic E-state index is 12.5. The van der Waals surface area contributed by atoms with Crippen molar-refractivity contribution in [1.82, 2.24) is 4.98 Å². The lowest BCUT2D eigenvalue weighted by Crippen LogP contribution is -2.21. The van der Waals surface area contributed by atoms with Gasteiger partial charge in [0.25, 0.3) is 5.91 Å². The van der Waals surface area contributed by atoms with Crippen LogP contribution in [0.15, 0.2) is 58.5 Å². The maximum Gasteiger partial charge on any atom is 0.341 e. The van der Waals surface area contributed by atoms with Gasteiger partial charge in [-0.15, -0.1) is 22.7 Å². The van der Waals surface area contributed by atoms with Crippen LogP contribution in [0, 0.1) is 0 Å². The lowest BCUT2D eigenvalue weighted by Gasteiger charge is -2.08. The topological polar surface area (TPSA) is 108 Å². The van der Waals surface area contributed by atoms with Gasteiger partial charge in [0.15, 0.2) is 6.61 Å². The van der Waals surface area contributed by atoms with Crippen molar-refractivity contribution in [2.24, 2.45) is 0 Å². The molecule has 10 heteroatoms. The molecule has 33 heavy (non-hydrogen) atoms. The summed E-state index contributed by atoms with van der Waals surface area (Å²) in [6.45, 7) is 1.36. The third-order valence-electron chi connectivity index (χ3n) is 4.33. The fraction of sp³-hybridized carbons (Fsp3) is 0.130. The second-order valence-corrected chi connectivity index (χ2v) is 8.50. The summed E-state index contributed by atoms with van der Waals surface area (Å²) >= 11 is 2.59. The molecule has 0 spiro atoms. The smallest absolute Gasteiger partial charge is 0.341 e.